The van der Waals surface area contributed by atoms with Crippen molar-refractivity contribution >= 4 is 11.6 Å². The molecule has 5 nitrogen and oxygen atoms in total. The third-order valence-corrected chi connectivity index (χ3v) is 2.78. The van der Waals surface area contributed by atoms with E-state index in [-0.39, 0.29) is 23.4 Å². The van der Waals surface area contributed by atoms with Crippen LogP contribution in [0.3, 0.4) is 0 Å². The number of benzene rings is 1. The molecule has 2 aromatic rings. The number of nitrogens with zero attached hydrogens (tertiary/aromatic N) is 1. The fourth-order valence-corrected chi connectivity index (χ4v) is 1.73. The largest absolute Gasteiger partial charge is 0.507 e. The first kappa shape index (κ1) is 13.7. The molecular formula is C15H13NO4. The van der Waals surface area contributed by atoms with E-state index in [1.807, 2.05) is 0 Å². The summed E-state index contributed by atoms with van der Waals surface area (Å²) in [4.78, 5) is 27.9. The molecule has 0 aliphatic heterocycles. The number of ketones is 2. The Balaban J connectivity index is 2.15. The van der Waals surface area contributed by atoms with Crippen molar-refractivity contribution in [3.63, 3.8) is 0 Å². The zero-order valence-corrected chi connectivity index (χ0v) is 10.9. The number of aromatic hydroxyl groups is 1. The van der Waals surface area contributed by atoms with Crippen molar-refractivity contribution < 1.29 is 19.4 Å². The molecule has 0 aliphatic rings. The summed E-state index contributed by atoms with van der Waals surface area (Å²) in [6.07, 6.45) is 1.09. The summed E-state index contributed by atoms with van der Waals surface area (Å²) < 4.78 is 5.00. The maximum Gasteiger partial charge on any atom is 0.189 e. The minimum Gasteiger partial charge on any atom is -0.507 e. The van der Waals surface area contributed by atoms with Gasteiger partial charge in [-0.3, -0.25) is 14.6 Å². The van der Waals surface area contributed by atoms with Gasteiger partial charge in [-0.15, -0.1) is 0 Å². The van der Waals surface area contributed by atoms with E-state index in [0.717, 1.165) is 0 Å². The molecule has 0 amide bonds. The molecule has 0 fully saturated rings. The van der Waals surface area contributed by atoms with Crippen molar-refractivity contribution in [3.8, 4) is 11.5 Å². The molecule has 0 bridgehead atoms. The van der Waals surface area contributed by atoms with Crippen LogP contribution in [0.25, 0.3) is 0 Å². The normalized spacial score (nSPS) is 10.1. The molecule has 1 heterocycles. The number of aromatic nitrogens is 1. The van der Waals surface area contributed by atoms with Crippen LogP contribution in [0.5, 0.6) is 11.5 Å². The average Bonchev–Trinajstić information content (AvgIpc) is 2.47. The number of ether oxygens (including phenoxy) is 1. The van der Waals surface area contributed by atoms with Crippen molar-refractivity contribution in [3.05, 3.63) is 53.9 Å². The Labute approximate surface area is 115 Å². The van der Waals surface area contributed by atoms with Crippen molar-refractivity contribution in [2.75, 3.05) is 7.11 Å². The van der Waals surface area contributed by atoms with Gasteiger partial charge in [0, 0.05) is 12.3 Å². The first-order valence-electron chi connectivity index (χ1n) is 5.96. The molecule has 0 saturated carbocycles. The quantitative estimate of drug-likeness (QED) is 0.666. The van der Waals surface area contributed by atoms with Crippen LogP contribution in [0.15, 0.2) is 42.6 Å². The summed E-state index contributed by atoms with van der Waals surface area (Å²) in [7, 11) is 1.48. The third kappa shape index (κ3) is 3.00. The van der Waals surface area contributed by atoms with Gasteiger partial charge in [0.2, 0.25) is 0 Å². The zero-order valence-electron chi connectivity index (χ0n) is 10.9. The molecule has 1 aromatic carbocycles. The second kappa shape index (κ2) is 5.97. The number of hydrogen-bond acceptors (Lipinski definition) is 5. The highest BCUT2D eigenvalue weighted by Gasteiger charge is 2.17. The number of phenols is 1. The highest BCUT2D eigenvalue weighted by molar-refractivity contribution is 6.13. The van der Waals surface area contributed by atoms with E-state index in [2.05, 4.69) is 4.98 Å². The van der Waals surface area contributed by atoms with Crippen molar-refractivity contribution in [1.82, 2.24) is 4.98 Å². The molecule has 20 heavy (non-hydrogen) atoms. The number of carbonyl (C=O) groups excluding carboxylic acids is 2. The molecule has 2 rings (SSSR count). The Kier molecular flexibility index (Phi) is 4.10. The highest BCUT2D eigenvalue weighted by Crippen LogP contribution is 2.19. The molecule has 0 radical (unpaired) electrons. The van der Waals surface area contributed by atoms with Crippen LogP contribution in [0, 0.1) is 0 Å². The van der Waals surface area contributed by atoms with E-state index in [1.165, 1.54) is 31.5 Å². The van der Waals surface area contributed by atoms with Gasteiger partial charge in [-0.2, -0.15) is 0 Å². The van der Waals surface area contributed by atoms with Gasteiger partial charge < -0.3 is 9.84 Å². The summed E-state index contributed by atoms with van der Waals surface area (Å²) in [5, 5.41) is 9.58. The predicted octanol–water partition coefficient (Wildman–Crippen LogP) is 2.25. The Morgan fingerprint density at radius 1 is 1.20 bits per heavy atom. The van der Waals surface area contributed by atoms with Gasteiger partial charge in [0.25, 0.3) is 0 Å². The molecule has 0 saturated heterocycles. The van der Waals surface area contributed by atoms with Gasteiger partial charge in [-0.1, -0.05) is 12.1 Å². The second-order valence-electron chi connectivity index (χ2n) is 4.12. The lowest BCUT2D eigenvalue weighted by Crippen LogP contribution is -2.10. The molecule has 5 heteroatoms. The number of Topliss-reactive ketones (excluding diaryl/α,β-unsaturated/α-hetero) is 2. The van der Waals surface area contributed by atoms with Crippen molar-refractivity contribution in [2.45, 2.75) is 6.42 Å². The highest BCUT2D eigenvalue weighted by atomic mass is 16.5. The molecule has 0 spiro atoms. The number of carbonyl (C=O) groups is 2. The lowest BCUT2D eigenvalue weighted by Gasteiger charge is -2.04. The molecule has 1 N–H and O–H groups in total. The maximum atomic E-state index is 12.0. The number of pyridine rings is 1. The smallest absolute Gasteiger partial charge is 0.189 e. The first-order chi connectivity index (χ1) is 9.61. The van der Waals surface area contributed by atoms with Crippen LogP contribution in [0.1, 0.15) is 27.3 Å². The number of para-hydroxylation sites is 1. The van der Waals surface area contributed by atoms with E-state index in [4.69, 9.17) is 4.74 Å². The Bertz CT molecular complexity index is 652. The molecule has 0 unspecified atom stereocenters. The fourth-order valence-electron chi connectivity index (χ4n) is 1.73. The lowest BCUT2D eigenvalue weighted by atomic mass is 10.0. The topological polar surface area (TPSA) is 76.5 Å². The minimum absolute atomic E-state index is 0.128. The summed E-state index contributed by atoms with van der Waals surface area (Å²) in [6.45, 7) is 0. The van der Waals surface area contributed by atoms with Crippen LogP contribution in [-0.4, -0.2) is 28.8 Å². The molecule has 1 aromatic heterocycles. The Morgan fingerprint density at radius 3 is 2.65 bits per heavy atom. The number of rotatable bonds is 5. The number of methoxy groups -OCH3 is 1. The van der Waals surface area contributed by atoms with Gasteiger partial charge in [0.1, 0.15) is 17.2 Å². The average molecular weight is 271 g/mol. The molecule has 0 aliphatic carbocycles. The Morgan fingerprint density at radius 2 is 1.95 bits per heavy atom. The van der Waals surface area contributed by atoms with Crippen LogP contribution >= 0.6 is 0 Å². The van der Waals surface area contributed by atoms with E-state index >= 15 is 0 Å². The van der Waals surface area contributed by atoms with Gasteiger partial charge in [-0.25, -0.2) is 0 Å². The van der Waals surface area contributed by atoms with E-state index in [0.29, 0.717) is 5.75 Å². The fraction of sp³-hybridized carbons (Fsp3) is 0.133. The summed E-state index contributed by atoms with van der Waals surface area (Å²) in [5.74, 6) is -0.503. The zero-order chi connectivity index (χ0) is 14.5. The third-order valence-electron chi connectivity index (χ3n) is 2.78. The van der Waals surface area contributed by atoms with Gasteiger partial charge >= 0.3 is 0 Å². The van der Waals surface area contributed by atoms with Crippen molar-refractivity contribution in [1.29, 1.82) is 0 Å². The standard InChI is InChI=1S/C15H13NO4/c1-20-10-6-7-16-12(8-10)15(19)9-14(18)11-4-2-3-5-13(11)17/h2-8,17H,9H2,1H3. The van der Waals surface area contributed by atoms with Crippen LogP contribution in [0.2, 0.25) is 0 Å². The van der Waals surface area contributed by atoms with Gasteiger partial charge in [0.05, 0.1) is 19.1 Å². The van der Waals surface area contributed by atoms with Crippen molar-refractivity contribution in [2.24, 2.45) is 0 Å². The second-order valence-corrected chi connectivity index (χ2v) is 4.12. The van der Waals surface area contributed by atoms with E-state index in [1.54, 1.807) is 18.2 Å². The first-order valence-corrected chi connectivity index (χ1v) is 5.96. The maximum absolute atomic E-state index is 12.0. The lowest BCUT2D eigenvalue weighted by molar-refractivity contribution is 0.0890. The monoisotopic (exact) mass is 271 g/mol. The van der Waals surface area contributed by atoms with Crippen LogP contribution in [-0.2, 0) is 0 Å². The van der Waals surface area contributed by atoms with Gasteiger partial charge in [-0.05, 0) is 18.2 Å². The van der Waals surface area contributed by atoms with E-state index in [9.17, 15) is 14.7 Å². The van der Waals surface area contributed by atoms with Gasteiger partial charge in [0.15, 0.2) is 11.6 Å². The van der Waals surface area contributed by atoms with Crippen LogP contribution < -0.4 is 4.74 Å². The minimum atomic E-state index is -0.447. The van der Waals surface area contributed by atoms with E-state index < -0.39 is 11.6 Å². The number of hydrogen-bond donors (Lipinski definition) is 1. The summed E-state index contributed by atoms with van der Waals surface area (Å²) in [5.41, 5.74) is 0.289. The number of phenolic OH excluding ortho intramolecular Hbond substituents is 1. The Hall–Kier alpha value is -2.69. The molecular weight excluding hydrogens is 258 g/mol. The van der Waals surface area contributed by atoms with Crippen LogP contribution in [0.4, 0.5) is 0 Å². The molecule has 102 valence electrons. The predicted molar refractivity (Wildman–Crippen MR) is 72.2 cm³/mol. The summed E-state index contributed by atoms with van der Waals surface area (Å²) >= 11 is 0. The molecule has 0 atom stereocenters. The summed E-state index contributed by atoms with van der Waals surface area (Å²) in [6, 6.07) is 9.20. The SMILES string of the molecule is COc1ccnc(C(=O)CC(=O)c2ccccc2O)c1.